The summed E-state index contributed by atoms with van der Waals surface area (Å²) in [5, 5.41) is 5.66. The van der Waals surface area contributed by atoms with Gasteiger partial charge in [0.05, 0.1) is 17.1 Å². The van der Waals surface area contributed by atoms with Gasteiger partial charge in [0.15, 0.2) is 0 Å². The number of para-hydroxylation sites is 1. The van der Waals surface area contributed by atoms with E-state index in [1.807, 2.05) is 58.9 Å². The number of aromatic nitrogens is 2. The zero-order valence-electron chi connectivity index (χ0n) is 18.0. The standard InChI is InChI=1S/C24H25F3N4O/c1-29(2)14-5-8-22(32)30-15-13-19(16-30)31-21-7-4-3-6-20(21)23(28-31)17-9-11-18(12-10-17)24(25,26)27/h3-12,19H,13-16H2,1-2H3/b8-5+. The molecule has 0 radical (unpaired) electrons. The highest BCUT2D eigenvalue weighted by molar-refractivity contribution is 5.93. The number of nitrogens with zero attached hydrogens (tertiary/aromatic N) is 4. The van der Waals surface area contributed by atoms with Crippen LogP contribution in [0.2, 0.25) is 0 Å². The van der Waals surface area contributed by atoms with Gasteiger partial charge in [0.1, 0.15) is 5.69 Å². The van der Waals surface area contributed by atoms with E-state index in [4.69, 9.17) is 5.10 Å². The molecule has 1 fully saturated rings. The molecular formula is C24H25F3N4O. The molecule has 0 spiro atoms. The van der Waals surface area contributed by atoms with Crippen LogP contribution in [-0.4, -0.2) is 59.2 Å². The zero-order valence-corrected chi connectivity index (χ0v) is 18.0. The van der Waals surface area contributed by atoms with Gasteiger partial charge in [0.25, 0.3) is 0 Å². The van der Waals surface area contributed by atoms with Gasteiger partial charge in [0, 0.05) is 36.7 Å². The Hall–Kier alpha value is -3.13. The molecule has 5 nitrogen and oxygen atoms in total. The highest BCUT2D eigenvalue weighted by Gasteiger charge is 2.31. The Bertz CT molecular complexity index is 1130. The van der Waals surface area contributed by atoms with Gasteiger partial charge in [-0.25, -0.2) is 0 Å². The lowest BCUT2D eigenvalue weighted by Crippen LogP contribution is -2.27. The van der Waals surface area contributed by atoms with Gasteiger partial charge >= 0.3 is 6.18 Å². The van der Waals surface area contributed by atoms with E-state index in [0.29, 0.717) is 30.9 Å². The topological polar surface area (TPSA) is 41.4 Å². The van der Waals surface area contributed by atoms with Crippen LogP contribution in [0.25, 0.3) is 22.2 Å². The molecule has 0 aliphatic carbocycles. The predicted molar refractivity (Wildman–Crippen MR) is 118 cm³/mol. The Balaban J connectivity index is 1.60. The fourth-order valence-corrected chi connectivity index (χ4v) is 4.01. The minimum absolute atomic E-state index is 0.00861. The van der Waals surface area contributed by atoms with Crippen molar-refractivity contribution < 1.29 is 18.0 Å². The van der Waals surface area contributed by atoms with Crippen molar-refractivity contribution in [3.8, 4) is 11.3 Å². The molecule has 1 aliphatic rings. The number of halogens is 3. The SMILES string of the molecule is CN(C)C/C=C/C(=O)N1CCC(n2nc(-c3ccc(C(F)(F)F)cc3)c3ccccc32)C1. The van der Waals surface area contributed by atoms with Gasteiger partial charge in [-0.2, -0.15) is 18.3 Å². The number of likely N-dealkylation sites (N-methyl/N-ethyl adjacent to an activating group) is 1. The number of alkyl halides is 3. The van der Waals surface area contributed by atoms with Crippen LogP contribution >= 0.6 is 0 Å². The van der Waals surface area contributed by atoms with Crippen molar-refractivity contribution in [1.29, 1.82) is 0 Å². The average molecular weight is 442 g/mol. The van der Waals surface area contributed by atoms with Gasteiger partial charge in [-0.3, -0.25) is 9.48 Å². The lowest BCUT2D eigenvalue weighted by molar-refractivity contribution is -0.137. The summed E-state index contributed by atoms with van der Waals surface area (Å²) in [6.45, 7) is 1.88. The summed E-state index contributed by atoms with van der Waals surface area (Å²) in [5.41, 5.74) is 1.50. The molecule has 1 aliphatic heterocycles. The van der Waals surface area contributed by atoms with Crippen molar-refractivity contribution >= 4 is 16.8 Å². The fraction of sp³-hybridized carbons (Fsp3) is 0.333. The third kappa shape index (κ3) is 4.55. The van der Waals surface area contributed by atoms with E-state index in [-0.39, 0.29) is 11.9 Å². The first-order valence-corrected chi connectivity index (χ1v) is 10.5. The van der Waals surface area contributed by atoms with E-state index in [0.717, 1.165) is 29.5 Å². The number of rotatable bonds is 5. The van der Waals surface area contributed by atoms with Gasteiger partial charge in [-0.05, 0) is 38.7 Å². The van der Waals surface area contributed by atoms with Crippen LogP contribution < -0.4 is 0 Å². The van der Waals surface area contributed by atoms with Crippen LogP contribution in [0.3, 0.4) is 0 Å². The van der Waals surface area contributed by atoms with Crippen LogP contribution in [0.5, 0.6) is 0 Å². The second-order valence-electron chi connectivity index (χ2n) is 8.28. The number of hydrogen-bond donors (Lipinski definition) is 0. The van der Waals surface area contributed by atoms with Crippen molar-refractivity contribution in [2.24, 2.45) is 0 Å². The van der Waals surface area contributed by atoms with Crippen LogP contribution in [0, 0.1) is 0 Å². The summed E-state index contributed by atoms with van der Waals surface area (Å²) in [6, 6.07) is 12.8. The lowest BCUT2D eigenvalue weighted by atomic mass is 10.1. The zero-order chi connectivity index (χ0) is 22.9. The maximum absolute atomic E-state index is 12.9. The van der Waals surface area contributed by atoms with Crippen molar-refractivity contribution in [2.45, 2.75) is 18.6 Å². The monoisotopic (exact) mass is 442 g/mol. The Morgan fingerprint density at radius 3 is 2.56 bits per heavy atom. The fourth-order valence-electron chi connectivity index (χ4n) is 4.01. The van der Waals surface area contributed by atoms with E-state index in [1.165, 1.54) is 12.1 Å². The molecule has 32 heavy (non-hydrogen) atoms. The number of hydrogen-bond acceptors (Lipinski definition) is 3. The Morgan fingerprint density at radius 1 is 1.16 bits per heavy atom. The summed E-state index contributed by atoms with van der Waals surface area (Å²) in [6.07, 6.45) is -0.148. The molecule has 1 atom stereocenters. The molecule has 2 heterocycles. The Morgan fingerprint density at radius 2 is 1.88 bits per heavy atom. The molecule has 0 saturated carbocycles. The van der Waals surface area contributed by atoms with Crippen molar-refractivity contribution in [3.05, 3.63) is 66.2 Å². The van der Waals surface area contributed by atoms with Gasteiger partial charge in [-0.15, -0.1) is 0 Å². The molecule has 2 aromatic carbocycles. The Kier molecular flexibility index (Phi) is 6.06. The van der Waals surface area contributed by atoms with E-state index >= 15 is 0 Å². The number of benzene rings is 2. The summed E-state index contributed by atoms with van der Waals surface area (Å²) >= 11 is 0. The van der Waals surface area contributed by atoms with Crippen LogP contribution in [0.4, 0.5) is 13.2 Å². The minimum atomic E-state index is -4.37. The molecular weight excluding hydrogens is 417 g/mol. The second kappa shape index (κ2) is 8.78. The first-order chi connectivity index (χ1) is 15.2. The third-order valence-electron chi connectivity index (χ3n) is 5.65. The minimum Gasteiger partial charge on any atom is -0.337 e. The van der Waals surface area contributed by atoms with E-state index in [2.05, 4.69) is 0 Å². The number of carbonyl (C=O) groups is 1. The molecule has 3 aromatic rings. The first kappa shape index (κ1) is 22.1. The summed E-state index contributed by atoms with van der Waals surface area (Å²) in [7, 11) is 3.88. The van der Waals surface area contributed by atoms with E-state index < -0.39 is 11.7 Å². The molecule has 1 aromatic heterocycles. The maximum Gasteiger partial charge on any atom is 0.416 e. The van der Waals surface area contributed by atoms with Gasteiger partial charge in [0.2, 0.25) is 5.91 Å². The first-order valence-electron chi connectivity index (χ1n) is 10.5. The van der Waals surface area contributed by atoms with Gasteiger partial charge in [-0.1, -0.05) is 36.4 Å². The Labute approximate surface area is 184 Å². The number of amides is 1. The average Bonchev–Trinajstić information content (AvgIpc) is 3.38. The smallest absolute Gasteiger partial charge is 0.337 e. The second-order valence-corrected chi connectivity index (χ2v) is 8.28. The quantitative estimate of drug-likeness (QED) is 0.542. The highest BCUT2D eigenvalue weighted by Crippen LogP contribution is 2.35. The molecule has 168 valence electrons. The van der Waals surface area contributed by atoms with Crippen molar-refractivity contribution in [3.63, 3.8) is 0 Å². The number of likely N-dealkylation sites (tertiary alicyclic amines) is 1. The number of fused-ring (bicyclic) bond motifs is 1. The lowest BCUT2D eigenvalue weighted by Gasteiger charge is -2.15. The molecule has 1 amide bonds. The largest absolute Gasteiger partial charge is 0.416 e. The van der Waals surface area contributed by atoms with E-state index in [1.54, 1.807) is 6.08 Å². The molecule has 4 rings (SSSR count). The highest BCUT2D eigenvalue weighted by atomic mass is 19.4. The van der Waals surface area contributed by atoms with Crippen LogP contribution in [0.1, 0.15) is 18.0 Å². The molecule has 0 N–H and O–H groups in total. The van der Waals surface area contributed by atoms with Crippen molar-refractivity contribution in [2.75, 3.05) is 33.7 Å². The summed E-state index contributed by atoms with van der Waals surface area (Å²) in [5.74, 6) is -0.0197. The molecule has 8 heteroatoms. The summed E-state index contributed by atoms with van der Waals surface area (Å²) in [4.78, 5) is 16.3. The normalized spacial score (nSPS) is 17.2. The van der Waals surface area contributed by atoms with Crippen molar-refractivity contribution in [1.82, 2.24) is 19.6 Å². The molecule has 1 saturated heterocycles. The van der Waals surface area contributed by atoms with Crippen LogP contribution in [-0.2, 0) is 11.0 Å². The predicted octanol–water partition coefficient (Wildman–Crippen LogP) is 4.61. The third-order valence-corrected chi connectivity index (χ3v) is 5.65. The van der Waals surface area contributed by atoms with Gasteiger partial charge < -0.3 is 9.80 Å². The summed E-state index contributed by atoms with van der Waals surface area (Å²) < 4.78 is 40.7. The molecule has 0 bridgehead atoms. The molecule has 1 unspecified atom stereocenters. The van der Waals surface area contributed by atoms with Crippen LogP contribution in [0.15, 0.2) is 60.7 Å². The maximum atomic E-state index is 12.9. The van der Waals surface area contributed by atoms with E-state index in [9.17, 15) is 18.0 Å². The number of carbonyl (C=O) groups excluding carboxylic acids is 1.